The normalized spacial score (nSPS) is 14.0. The van der Waals surface area contributed by atoms with E-state index >= 15 is 0 Å². The fraction of sp³-hybridized carbons (Fsp3) is 0.233. The predicted molar refractivity (Wildman–Crippen MR) is 159 cm³/mol. The first-order valence-corrected chi connectivity index (χ1v) is 15.2. The number of nitro groups is 1. The highest BCUT2D eigenvalue weighted by Gasteiger charge is 2.26. The van der Waals surface area contributed by atoms with Gasteiger partial charge in [-0.25, -0.2) is 23.1 Å². The number of nitrogens with one attached hydrogen (secondary N) is 1. The van der Waals surface area contributed by atoms with E-state index in [0.717, 1.165) is 44.0 Å². The topological polar surface area (TPSA) is 135 Å². The third-order valence-corrected chi connectivity index (χ3v) is 8.75. The van der Waals surface area contributed by atoms with Gasteiger partial charge >= 0.3 is 0 Å². The van der Waals surface area contributed by atoms with Crippen LogP contribution in [0.15, 0.2) is 90.0 Å². The highest BCUT2D eigenvalue weighted by molar-refractivity contribution is 7.90. The standard InChI is InChI=1S/C30H28ClN5O5S/c31-24-9-4-8-23(17-24)18-28-27(29(37)34-42(40,41)26-11-5-10-25(19-26)36(38)39)20-32-30(33-28)35-14-12-22(13-15-35)16-21-6-2-1-3-7-21/h1-11,17,19-20,22H,12-16,18H2,(H,34,37). The van der Waals surface area contributed by atoms with Gasteiger partial charge in [-0.2, -0.15) is 0 Å². The van der Waals surface area contributed by atoms with Crippen molar-refractivity contribution in [2.75, 3.05) is 18.0 Å². The maximum atomic E-state index is 13.3. The average Bonchev–Trinajstić information content (AvgIpc) is 2.98. The van der Waals surface area contributed by atoms with Crippen molar-refractivity contribution >= 4 is 39.2 Å². The van der Waals surface area contributed by atoms with Crippen LogP contribution in [-0.4, -0.2) is 42.3 Å². The second-order valence-electron chi connectivity index (χ2n) is 10.1. The van der Waals surface area contributed by atoms with Crippen molar-refractivity contribution in [2.45, 2.75) is 30.6 Å². The first-order chi connectivity index (χ1) is 20.2. The van der Waals surface area contributed by atoms with Crippen LogP contribution < -0.4 is 9.62 Å². The highest BCUT2D eigenvalue weighted by Crippen LogP contribution is 2.26. The number of nitrogens with zero attached hydrogens (tertiary/aromatic N) is 4. The van der Waals surface area contributed by atoms with Crippen LogP contribution in [0.5, 0.6) is 0 Å². The molecule has 12 heteroatoms. The number of non-ortho nitro benzene ring substituents is 1. The summed E-state index contributed by atoms with van der Waals surface area (Å²) in [5, 5.41) is 11.6. The maximum Gasteiger partial charge on any atom is 0.270 e. The number of amides is 1. The molecule has 0 bridgehead atoms. The summed E-state index contributed by atoms with van der Waals surface area (Å²) in [6, 6.07) is 22.0. The summed E-state index contributed by atoms with van der Waals surface area (Å²) in [6.45, 7) is 1.50. The molecule has 1 aliphatic heterocycles. The van der Waals surface area contributed by atoms with Gasteiger partial charge in [0.1, 0.15) is 0 Å². The van der Waals surface area contributed by atoms with E-state index in [-0.39, 0.29) is 12.0 Å². The molecule has 1 amide bonds. The Kier molecular flexibility index (Phi) is 8.79. The van der Waals surface area contributed by atoms with Gasteiger partial charge in [-0.1, -0.05) is 60.1 Å². The number of carbonyl (C=O) groups excluding carboxylic acids is 1. The molecule has 0 atom stereocenters. The lowest BCUT2D eigenvalue weighted by atomic mass is 9.90. The Bertz CT molecular complexity index is 1710. The minimum absolute atomic E-state index is 0.0216. The Labute approximate surface area is 248 Å². The summed E-state index contributed by atoms with van der Waals surface area (Å²) in [4.78, 5) is 34.5. The number of rotatable bonds is 9. The molecule has 42 heavy (non-hydrogen) atoms. The zero-order chi connectivity index (χ0) is 29.7. The van der Waals surface area contributed by atoms with Gasteiger partial charge in [-0.15, -0.1) is 0 Å². The summed E-state index contributed by atoms with van der Waals surface area (Å²) in [5.41, 5.74) is 2.00. The van der Waals surface area contributed by atoms with Gasteiger partial charge in [-0.3, -0.25) is 14.9 Å². The second-order valence-corrected chi connectivity index (χ2v) is 12.3. The molecule has 1 fully saturated rings. The minimum atomic E-state index is -4.41. The number of carbonyl (C=O) groups is 1. The molecule has 5 rings (SSSR count). The van der Waals surface area contributed by atoms with Crippen molar-refractivity contribution in [3.8, 4) is 0 Å². The van der Waals surface area contributed by atoms with Crippen molar-refractivity contribution in [1.82, 2.24) is 14.7 Å². The number of benzene rings is 3. The second kappa shape index (κ2) is 12.7. The third kappa shape index (κ3) is 7.10. The highest BCUT2D eigenvalue weighted by atomic mass is 35.5. The van der Waals surface area contributed by atoms with Crippen molar-refractivity contribution in [3.63, 3.8) is 0 Å². The SMILES string of the molecule is O=C(NS(=O)(=O)c1cccc([N+](=O)[O-])c1)c1cnc(N2CCC(Cc3ccccc3)CC2)nc1Cc1cccc(Cl)c1. The number of sulfonamides is 1. The van der Waals surface area contributed by atoms with Crippen molar-refractivity contribution in [1.29, 1.82) is 0 Å². The van der Waals surface area contributed by atoms with E-state index in [9.17, 15) is 23.3 Å². The number of hydrogen-bond acceptors (Lipinski definition) is 8. The summed E-state index contributed by atoms with van der Waals surface area (Å²) in [5.74, 6) is 0.0635. The summed E-state index contributed by atoms with van der Waals surface area (Å²) < 4.78 is 27.9. The van der Waals surface area contributed by atoms with Gasteiger partial charge in [0.25, 0.3) is 21.6 Å². The van der Waals surface area contributed by atoms with Gasteiger partial charge in [0.05, 0.1) is 21.1 Å². The molecular weight excluding hydrogens is 578 g/mol. The molecule has 3 aromatic carbocycles. The average molecular weight is 606 g/mol. The van der Waals surface area contributed by atoms with Gasteiger partial charge in [0.15, 0.2) is 0 Å². The Morgan fingerprint density at radius 1 is 1.00 bits per heavy atom. The maximum absolute atomic E-state index is 13.3. The van der Waals surface area contributed by atoms with Crippen LogP contribution in [0.1, 0.15) is 40.0 Å². The smallest absolute Gasteiger partial charge is 0.270 e. The largest absolute Gasteiger partial charge is 0.341 e. The van der Waals surface area contributed by atoms with Crippen LogP contribution in [0.25, 0.3) is 0 Å². The lowest BCUT2D eigenvalue weighted by Crippen LogP contribution is -2.36. The zero-order valence-corrected chi connectivity index (χ0v) is 24.1. The lowest BCUT2D eigenvalue weighted by molar-refractivity contribution is -0.385. The van der Waals surface area contributed by atoms with Crippen LogP contribution in [0, 0.1) is 16.0 Å². The molecule has 2 heterocycles. The van der Waals surface area contributed by atoms with Crippen LogP contribution in [0.2, 0.25) is 5.02 Å². The quantitative estimate of drug-likeness (QED) is 0.203. The van der Waals surface area contributed by atoms with Crippen LogP contribution in [0.4, 0.5) is 11.6 Å². The van der Waals surface area contributed by atoms with Gasteiger partial charge < -0.3 is 4.90 Å². The van der Waals surface area contributed by atoms with E-state index in [1.54, 1.807) is 18.2 Å². The Morgan fingerprint density at radius 2 is 1.71 bits per heavy atom. The van der Waals surface area contributed by atoms with Crippen molar-refractivity contribution < 1.29 is 18.1 Å². The number of nitro benzene ring substituents is 1. The van der Waals surface area contributed by atoms with Gasteiger partial charge in [0.2, 0.25) is 5.95 Å². The molecule has 0 aliphatic carbocycles. The molecule has 216 valence electrons. The Hall–Kier alpha value is -4.35. The van der Waals surface area contributed by atoms with Gasteiger partial charge in [-0.05, 0) is 54.5 Å². The molecule has 0 unspecified atom stereocenters. The molecule has 1 saturated heterocycles. The summed E-state index contributed by atoms with van der Waals surface area (Å²) >= 11 is 6.18. The van der Waals surface area contributed by atoms with E-state index in [2.05, 4.69) is 22.0 Å². The summed E-state index contributed by atoms with van der Waals surface area (Å²) in [6.07, 6.45) is 4.47. The van der Waals surface area contributed by atoms with Crippen LogP contribution in [-0.2, 0) is 22.9 Å². The molecule has 1 N–H and O–H groups in total. The molecule has 1 aliphatic rings. The van der Waals surface area contributed by atoms with Crippen molar-refractivity contribution in [2.24, 2.45) is 5.92 Å². The van der Waals surface area contributed by atoms with E-state index < -0.39 is 31.4 Å². The van der Waals surface area contributed by atoms with E-state index in [0.29, 0.717) is 22.6 Å². The molecule has 1 aromatic heterocycles. The number of halogens is 1. The third-order valence-electron chi connectivity index (χ3n) is 7.19. The predicted octanol–water partition coefficient (Wildman–Crippen LogP) is 5.21. The lowest BCUT2D eigenvalue weighted by Gasteiger charge is -2.32. The Morgan fingerprint density at radius 3 is 2.43 bits per heavy atom. The van der Waals surface area contributed by atoms with Gasteiger partial charge in [0, 0.05) is 42.9 Å². The number of hydrogen-bond donors (Lipinski definition) is 1. The molecule has 0 spiro atoms. The Balaban J connectivity index is 1.38. The molecule has 0 saturated carbocycles. The number of piperidine rings is 1. The molecule has 0 radical (unpaired) electrons. The van der Waals surface area contributed by atoms with E-state index in [4.69, 9.17) is 16.6 Å². The molecule has 10 nitrogen and oxygen atoms in total. The van der Waals surface area contributed by atoms with Crippen LogP contribution in [0.3, 0.4) is 0 Å². The molecular formula is C30H28ClN5O5S. The zero-order valence-electron chi connectivity index (χ0n) is 22.5. The number of aromatic nitrogens is 2. The van der Waals surface area contributed by atoms with Crippen LogP contribution >= 0.6 is 11.6 Å². The van der Waals surface area contributed by atoms with E-state index in [1.807, 2.05) is 29.0 Å². The molecule has 4 aromatic rings. The summed E-state index contributed by atoms with van der Waals surface area (Å²) in [7, 11) is -4.41. The monoisotopic (exact) mass is 605 g/mol. The minimum Gasteiger partial charge on any atom is -0.341 e. The first-order valence-electron chi connectivity index (χ1n) is 13.4. The fourth-order valence-corrected chi connectivity index (χ4v) is 6.23. The van der Waals surface area contributed by atoms with E-state index in [1.165, 1.54) is 30.0 Å². The van der Waals surface area contributed by atoms with Crippen molar-refractivity contribution in [3.05, 3.63) is 123 Å². The first kappa shape index (κ1) is 29.2. The fourth-order valence-electron chi connectivity index (χ4n) is 5.01. The number of anilines is 1.